The Morgan fingerprint density at radius 1 is 1.12 bits per heavy atom. The van der Waals surface area contributed by atoms with Gasteiger partial charge < -0.3 is 19.5 Å². The second-order valence-corrected chi connectivity index (χ2v) is 6.98. The smallest absolute Gasteiger partial charge is 0.227 e. The van der Waals surface area contributed by atoms with Gasteiger partial charge in [0, 0.05) is 30.5 Å². The number of fused-ring (bicyclic) bond motifs is 2. The number of rotatable bonds is 5. The second-order valence-electron chi connectivity index (χ2n) is 6.98. The van der Waals surface area contributed by atoms with E-state index in [2.05, 4.69) is 0 Å². The number of ether oxygens (including phenoxy) is 2. The maximum Gasteiger partial charge on any atom is 0.227 e. The molecule has 1 saturated carbocycles. The lowest BCUT2D eigenvalue weighted by atomic mass is 9.94. The van der Waals surface area contributed by atoms with E-state index in [1.165, 1.54) is 21.1 Å². The number of Topliss-reactive ketones (excluding diaryl/α,β-unsaturated/α-hetero) is 1. The summed E-state index contributed by atoms with van der Waals surface area (Å²) in [6.45, 7) is 2.67. The molecule has 0 spiro atoms. The van der Waals surface area contributed by atoms with Crippen LogP contribution in [0.25, 0.3) is 0 Å². The van der Waals surface area contributed by atoms with Gasteiger partial charge in [-0.1, -0.05) is 0 Å². The molecule has 3 atom stereocenters. The number of nitrogens with zero attached hydrogens (tertiary/aromatic N) is 1. The molecule has 0 aromatic heterocycles. The van der Waals surface area contributed by atoms with Crippen molar-refractivity contribution in [3.05, 3.63) is 23.3 Å². The van der Waals surface area contributed by atoms with Crippen LogP contribution in [0.3, 0.4) is 0 Å². The Morgan fingerprint density at radius 2 is 1.68 bits per heavy atom. The van der Waals surface area contributed by atoms with Crippen LogP contribution in [0.5, 0.6) is 11.5 Å². The third-order valence-electron chi connectivity index (χ3n) is 5.47. The molecule has 25 heavy (non-hydrogen) atoms. The van der Waals surface area contributed by atoms with E-state index in [-0.39, 0.29) is 36.1 Å². The highest BCUT2D eigenvalue weighted by Gasteiger charge is 2.42. The molecule has 6 nitrogen and oxygen atoms in total. The number of amides is 1. The number of piperidine rings is 1. The fourth-order valence-electron chi connectivity index (χ4n) is 4.07. The van der Waals surface area contributed by atoms with Crippen molar-refractivity contribution in [2.45, 2.75) is 32.3 Å². The molecule has 1 heterocycles. The molecule has 1 aliphatic carbocycles. The summed E-state index contributed by atoms with van der Waals surface area (Å²) >= 11 is 0. The molecule has 1 aliphatic heterocycles. The van der Waals surface area contributed by atoms with E-state index >= 15 is 0 Å². The van der Waals surface area contributed by atoms with E-state index < -0.39 is 0 Å². The average molecular weight is 347 g/mol. The maximum absolute atomic E-state index is 12.8. The molecular formula is C19H25NO5. The summed E-state index contributed by atoms with van der Waals surface area (Å²) in [7, 11) is 3.04. The molecular weight excluding hydrogens is 322 g/mol. The first-order valence-corrected chi connectivity index (χ1v) is 8.66. The Kier molecular flexibility index (Phi) is 4.99. The van der Waals surface area contributed by atoms with Gasteiger partial charge in [0.1, 0.15) is 0 Å². The summed E-state index contributed by atoms with van der Waals surface area (Å²) < 4.78 is 10.6. The van der Waals surface area contributed by atoms with Gasteiger partial charge in [-0.3, -0.25) is 9.59 Å². The molecule has 0 radical (unpaired) electrons. The monoisotopic (exact) mass is 347 g/mol. The average Bonchev–Trinajstić information content (AvgIpc) is 2.81. The van der Waals surface area contributed by atoms with Crippen LogP contribution < -0.4 is 9.47 Å². The summed E-state index contributed by atoms with van der Waals surface area (Å²) in [6.07, 6.45) is 1.82. The third-order valence-corrected chi connectivity index (χ3v) is 5.47. The summed E-state index contributed by atoms with van der Waals surface area (Å²) in [5.74, 6) is 1.21. The van der Waals surface area contributed by atoms with Gasteiger partial charge in [-0.15, -0.1) is 0 Å². The zero-order chi connectivity index (χ0) is 18.1. The Hall–Kier alpha value is -2.08. The fourth-order valence-corrected chi connectivity index (χ4v) is 4.07. The zero-order valence-electron chi connectivity index (χ0n) is 14.9. The van der Waals surface area contributed by atoms with Gasteiger partial charge in [-0.2, -0.15) is 0 Å². The van der Waals surface area contributed by atoms with Crippen LogP contribution in [0.15, 0.2) is 12.1 Å². The van der Waals surface area contributed by atoms with Crippen LogP contribution in [-0.4, -0.2) is 55.1 Å². The lowest BCUT2D eigenvalue weighted by Crippen LogP contribution is -2.47. The minimum Gasteiger partial charge on any atom is -0.493 e. The molecule has 1 unspecified atom stereocenters. The number of benzene rings is 1. The zero-order valence-corrected chi connectivity index (χ0v) is 14.9. The van der Waals surface area contributed by atoms with Gasteiger partial charge in [0.2, 0.25) is 5.91 Å². The number of hydrogen-bond donors (Lipinski definition) is 1. The number of likely N-dealkylation sites (tertiary alicyclic amines) is 1. The Morgan fingerprint density at radius 3 is 2.20 bits per heavy atom. The predicted molar refractivity (Wildman–Crippen MR) is 92.1 cm³/mol. The molecule has 2 bridgehead atoms. The van der Waals surface area contributed by atoms with Gasteiger partial charge >= 0.3 is 0 Å². The van der Waals surface area contributed by atoms with E-state index in [0.717, 1.165) is 12.8 Å². The van der Waals surface area contributed by atoms with Gasteiger partial charge in [0.05, 0.1) is 26.7 Å². The van der Waals surface area contributed by atoms with Crippen LogP contribution in [-0.2, 0) is 11.2 Å². The van der Waals surface area contributed by atoms with E-state index in [9.17, 15) is 14.7 Å². The molecule has 6 heteroatoms. The van der Waals surface area contributed by atoms with Gasteiger partial charge in [-0.25, -0.2) is 0 Å². The highest BCUT2D eigenvalue weighted by atomic mass is 16.5. The second kappa shape index (κ2) is 7.04. The molecule has 2 aliphatic rings. The van der Waals surface area contributed by atoms with Crippen molar-refractivity contribution in [1.82, 2.24) is 4.90 Å². The summed E-state index contributed by atoms with van der Waals surface area (Å²) in [5, 5.41) is 10.1. The molecule has 1 amide bonds. The number of methoxy groups -OCH3 is 2. The van der Waals surface area contributed by atoms with Crippen molar-refractivity contribution in [3.63, 3.8) is 0 Å². The molecule has 1 aromatic rings. The van der Waals surface area contributed by atoms with Crippen molar-refractivity contribution in [2.75, 3.05) is 27.3 Å². The third kappa shape index (κ3) is 3.35. The molecule has 136 valence electrons. The first-order chi connectivity index (χ1) is 11.9. The highest BCUT2D eigenvalue weighted by molar-refractivity contribution is 5.97. The highest BCUT2D eigenvalue weighted by Crippen LogP contribution is 2.37. The number of aliphatic hydroxyl groups excluding tert-OH is 1. The first-order valence-electron chi connectivity index (χ1n) is 8.66. The van der Waals surface area contributed by atoms with Crippen molar-refractivity contribution >= 4 is 11.7 Å². The van der Waals surface area contributed by atoms with Crippen LogP contribution in [0.1, 0.15) is 35.7 Å². The van der Waals surface area contributed by atoms with Crippen molar-refractivity contribution in [2.24, 2.45) is 11.8 Å². The largest absolute Gasteiger partial charge is 0.493 e. The fraction of sp³-hybridized carbons (Fsp3) is 0.579. The number of carbonyl (C=O) groups is 2. The van der Waals surface area contributed by atoms with Crippen LogP contribution in [0, 0.1) is 11.8 Å². The standard InChI is InChI=1S/C19H25NO5/c1-11(21)15-8-17(25-3)16(24-2)6-14(15)7-18(22)20-9-12-4-5-13(10-20)19(12)23/h6,8,12-13,19,23H,4-5,7,9-10H2,1-3H3/t12-,13+,19?. The Labute approximate surface area is 147 Å². The number of carbonyl (C=O) groups excluding carboxylic acids is 2. The van der Waals surface area contributed by atoms with Crippen molar-refractivity contribution in [3.8, 4) is 11.5 Å². The summed E-state index contributed by atoms with van der Waals surface area (Å²) in [5.41, 5.74) is 1.12. The van der Waals surface area contributed by atoms with E-state index in [1.54, 1.807) is 12.1 Å². The molecule has 1 N–H and O–H groups in total. The van der Waals surface area contributed by atoms with Gasteiger partial charge in [-0.05, 0) is 37.5 Å². The molecule has 2 fully saturated rings. The number of aliphatic hydroxyl groups is 1. The SMILES string of the molecule is COc1cc(CC(=O)N2C[C@H]3CC[C@@H](C2)C3O)c(C(C)=O)cc1OC. The van der Waals surface area contributed by atoms with Crippen LogP contribution in [0.4, 0.5) is 0 Å². The minimum absolute atomic E-state index is 0.0153. The van der Waals surface area contributed by atoms with Gasteiger partial charge in [0.25, 0.3) is 0 Å². The normalized spacial score (nSPS) is 25.0. The van der Waals surface area contributed by atoms with E-state index in [1.807, 2.05) is 4.90 Å². The number of ketones is 1. The molecule has 1 aromatic carbocycles. The Bertz CT molecular complexity index is 673. The molecule has 1 saturated heterocycles. The Balaban J connectivity index is 1.82. The van der Waals surface area contributed by atoms with E-state index in [4.69, 9.17) is 9.47 Å². The van der Waals surface area contributed by atoms with E-state index in [0.29, 0.717) is 35.7 Å². The predicted octanol–water partition coefficient (Wildman–Crippen LogP) is 1.68. The summed E-state index contributed by atoms with van der Waals surface area (Å²) in [6, 6.07) is 3.34. The topological polar surface area (TPSA) is 76.1 Å². The maximum atomic E-state index is 12.8. The van der Waals surface area contributed by atoms with Crippen molar-refractivity contribution < 1.29 is 24.2 Å². The van der Waals surface area contributed by atoms with Crippen LogP contribution >= 0.6 is 0 Å². The quantitative estimate of drug-likeness (QED) is 0.820. The lowest BCUT2D eigenvalue weighted by molar-refractivity contribution is -0.134. The van der Waals surface area contributed by atoms with Gasteiger partial charge in [0.15, 0.2) is 17.3 Å². The lowest BCUT2D eigenvalue weighted by Gasteiger charge is -2.35. The minimum atomic E-state index is -0.280. The van der Waals surface area contributed by atoms with Crippen LogP contribution in [0.2, 0.25) is 0 Å². The summed E-state index contributed by atoms with van der Waals surface area (Å²) in [4.78, 5) is 26.6. The molecule has 3 rings (SSSR count). The van der Waals surface area contributed by atoms with Crippen molar-refractivity contribution in [1.29, 1.82) is 0 Å². The first kappa shape index (κ1) is 17.7. The number of hydrogen-bond acceptors (Lipinski definition) is 5.